The van der Waals surface area contributed by atoms with Crippen LogP contribution in [0.5, 0.6) is 6.01 Å². The number of carbonyl (C=O) groups excluding carboxylic acids is 1. The summed E-state index contributed by atoms with van der Waals surface area (Å²) in [6.45, 7) is 2.88. The third kappa shape index (κ3) is 4.56. The van der Waals surface area contributed by atoms with E-state index in [4.69, 9.17) is 9.47 Å². The average molecular weight is 357 g/mol. The Morgan fingerprint density at radius 2 is 2.15 bits per heavy atom. The minimum absolute atomic E-state index is 0.143. The Hall–Kier alpha value is -2.51. The van der Waals surface area contributed by atoms with Crippen molar-refractivity contribution in [3.63, 3.8) is 0 Å². The van der Waals surface area contributed by atoms with E-state index in [1.54, 1.807) is 23.4 Å². The summed E-state index contributed by atoms with van der Waals surface area (Å²) < 4.78 is 11.2. The molecule has 7 nitrogen and oxygen atoms in total. The van der Waals surface area contributed by atoms with Gasteiger partial charge in [-0.3, -0.25) is 4.79 Å². The summed E-state index contributed by atoms with van der Waals surface area (Å²) in [6, 6.07) is 9.92. The van der Waals surface area contributed by atoms with Gasteiger partial charge in [0.25, 0.3) is 5.91 Å². The van der Waals surface area contributed by atoms with Crippen LogP contribution in [0.3, 0.4) is 0 Å². The van der Waals surface area contributed by atoms with E-state index < -0.39 is 5.60 Å². The van der Waals surface area contributed by atoms with Crippen LogP contribution in [-0.2, 0) is 16.0 Å². The van der Waals surface area contributed by atoms with Gasteiger partial charge in [0, 0.05) is 25.4 Å². The van der Waals surface area contributed by atoms with E-state index in [1.807, 2.05) is 25.1 Å². The van der Waals surface area contributed by atoms with E-state index in [0.717, 1.165) is 11.1 Å². The summed E-state index contributed by atoms with van der Waals surface area (Å²) in [4.78, 5) is 22.0. The van der Waals surface area contributed by atoms with Gasteiger partial charge in [-0.2, -0.15) is 0 Å². The van der Waals surface area contributed by atoms with Crippen molar-refractivity contribution in [3.05, 3.63) is 53.9 Å². The van der Waals surface area contributed by atoms with Crippen LogP contribution in [-0.4, -0.2) is 64.4 Å². The molecule has 1 atom stereocenters. The number of hydrogen-bond donors (Lipinski definition) is 1. The van der Waals surface area contributed by atoms with Crippen molar-refractivity contribution in [2.24, 2.45) is 0 Å². The summed E-state index contributed by atoms with van der Waals surface area (Å²) in [5, 5.41) is 9.97. The molecule has 2 heterocycles. The number of nitrogens with zero attached hydrogens (tertiary/aromatic N) is 3. The summed E-state index contributed by atoms with van der Waals surface area (Å²) >= 11 is 0. The molecule has 0 bridgehead atoms. The Morgan fingerprint density at radius 3 is 2.88 bits per heavy atom. The molecule has 1 N–H and O–H groups in total. The molecule has 1 aliphatic heterocycles. The molecular formula is C19H23N3O4. The lowest BCUT2D eigenvalue weighted by molar-refractivity contribution is -0.159. The number of rotatable bonds is 6. The van der Waals surface area contributed by atoms with Gasteiger partial charge in [0.1, 0.15) is 5.60 Å². The van der Waals surface area contributed by atoms with Crippen LogP contribution in [0.4, 0.5) is 0 Å². The predicted octanol–water partition coefficient (Wildman–Crippen LogP) is 0.996. The van der Waals surface area contributed by atoms with Crippen molar-refractivity contribution in [1.29, 1.82) is 0 Å². The van der Waals surface area contributed by atoms with Crippen molar-refractivity contribution in [2.75, 3.05) is 32.9 Å². The van der Waals surface area contributed by atoms with Gasteiger partial charge in [0.2, 0.25) is 0 Å². The number of aliphatic hydroxyl groups is 1. The lowest BCUT2D eigenvalue weighted by Gasteiger charge is -2.41. The van der Waals surface area contributed by atoms with Crippen LogP contribution < -0.4 is 4.74 Å². The van der Waals surface area contributed by atoms with Gasteiger partial charge < -0.3 is 19.5 Å². The molecule has 1 aliphatic rings. The van der Waals surface area contributed by atoms with E-state index in [1.165, 1.54) is 0 Å². The second-order valence-corrected chi connectivity index (χ2v) is 6.49. The summed E-state index contributed by atoms with van der Waals surface area (Å²) in [7, 11) is 0. The lowest BCUT2D eigenvalue weighted by atomic mass is 9.92. The SMILES string of the molecule is Cc1cccc(C[C@@]2(CO)CN(C(=O)COc3ncccn3)CCO2)c1. The summed E-state index contributed by atoms with van der Waals surface area (Å²) in [5.41, 5.74) is 1.42. The zero-order valence-electron chi connectivity index (χ0n) is 14.8. The van der Waals surface area contributed by atoms with Gasteiger partial charge in [-0.1, -0.05) is 29.8 Å². The van der Waals surface area contributed by atoms with Gasteiger partial charge in [0.15, 0.2) is 6.61 Å². The number of aliphatic hydroxyl groups excluding tert-OH is 1. The fourth-order valence-electron chi connectivity index (χ4n) is 3.09. The molecule has 1 saturated heterocycles. The number of amides is 1. The minimum atomic E-state index is -0.801. The van der Waals surface area contributed by atoms with Crippen LogP contribution in [0.25, 0.3) is 0 Å². The molecule has 0 radical (unpaired) electrons. The molecule has 3 rings (SSSR count). The number of aryl methyl sites for hydroxylation is 1. The number of benzene rings is 1. The Balaban J connectivity index is 1.63. The highest BCUT2D eigenvalue weighted by molar-refractivity contribution is 5.77. The fraction of sp³-hybridized carbons (Fsp3) is 0.421. The Kier molecular flexibility index (Phi) is 5.80. The Bertz CT molecular complexity index is 741. The van der Waals surface area contributed by atoms with Gasteiger partial charge in [0.05, 0.1) is 19.8 Å². The first-order valence-electron chi connectivity index (χ1n) is 8.58. The monoisotopic (exact) mass is 357 g/mol. The molecule has 2 aromatic rings. The molecule has 1 fully saturated rings. The predicted molar refractivity (Wildman–Crippen MR) is 94.8 cm³/mol. The highest BCUT2D eigenvalue weighted by Crippen LogP contribution is 2.23. The van der Waals surface area contributed by atoms with Crippen molar-refractivity contribution in [1.82, 2.24) is 14.9 Å². The Labute approximate surface area is 152 Å². The van der Waals surface area contributed by atoms with Gasteiger partial charge in [-0.05, 0) is 18.6 Å². The van der Waals surface area contributed by atoms with Crippen LogP contribution in [0.15, 0.2) is 42.7 Å². The van der Waals surface area contributed by atoms with Crippen molar-refractivity contribution < 1.29 is 19.4 Å². The molecule has 0 saturated carbocycles. The fourth-order valence-corrected chi connectivity index (χ4v) is 3.09. The molecule has 26 heavy (non-hydrogen) atoms. The number of carbonyl (C=O) groups is 1. The molecule has 0 aliphatic carbocycles. The zero-order valence-corrected chi connectivity index (χ0v) is 14.8. The molecule has 0 spiro atoms. The third-order valence-electron chi connectivity index (χ3n) is 4.36. The first kappa shape index (κ1) is 18.3. The molecule has 1 aromatic carbocycles. The van der Waals surface area contributed by atoms with Crippen LogP contribution in [0.2, 0.25) is 0 Å². The van der Waals surface area contributed by atoms with E-state index >= 15 is 0 Å². The molecule has 138 valence electrons. The third-order valence-corrected chi connectivity index (χ3v) is 4.36. The van der Waals surface area contributed by atoms with Crippen LogP contribution in [0.1, 0.15) is 11.1 Å². The number of aromatic nitrogens is 2. The maximum absolute atomic E-state index is 12.5. The topological polar surface area (TPSA) is 84.8 Å². The lowest BCUT2D eigenvalue weighted by Crippen LogP contribution is -2.57. The van der Waals surface area contributed by atoms with Gasteiger partial charge in [-0.25, -0.2) is 9.97 Å². The van der Waals surface area contributed by atoms with Gasteiger partial charge >= 0.3 is 6.01 Å². The first-order valence-corrected chi connectivity index (χ1v) is 8.58. The van der Waals surface area contributed by atoms with Crippen molar-refractivity contribution >= 4 is 5.91 Å². The molecule has 1 aromatic heterocycles. The van der Waals surface area contributed by atoms with Crippen LogP contribution in [0, 0.1) is 6.92 Å². The van der Waals surface area contributed by atoms with Gasteiger partial charge in [-0.15, -0.1) is 0 Å². The second-order valence-electron chi connectivity index (χ2n) is 6.49. The quantitative estimate of drug-likeness (QED) is 0.830. The summed E-state index contributed by atoms with van der Waals surface area (Å²) in [5.74, 6) is -0.178. The molecule has 7 heteroatoms. The number of ether oxygens (including phenoxy) is 2. The normalized spacial score (nSPS) is 20.0. The smallest absolute Gasteiger partial charge is 0.316 e. The minimum Gasteiger partial charge on any atom is -0.453 e. The summed E-state index contributed by atoms with van der Waals surface area (Å²) in [6.07, 6.45) is 3.65. The van der Waals surface area contributed by atoms with Crippen molar-refractivity contribution in [3.8, 4) is 6.01 Å². The van der Waals surface area contributed by atoms with Crippen LogP contribution >= 0.6 is 0 Å². The highest BCUT2D eigenvalue weighted by atomic mass is 16.5. The first-order chi connectivity index (χ1) is 12.6. The largest absolute Gasteiger partial charge is 0.453 e. The maximum Gasteiger partial charge on any atom is 0.316 e. The van der Waals surface area contributed by atoms with E-state index in [9.17, 15) is 9.90 Å². The standard InChI is InChI=1S/C19H23N3O4/c1-15-4-2-5-16(10-15)11-19(14-23)13-22(8-9-26-19)17(24)12-25-18-20-6-3-7-21-18/h2-7,10,23H,8-9,11-14H2,1H3/t19-/m0/s1. The maximum atomic E-state index is 12.5. The molecule has 0 unspecified atom stereocenters. The number of morpholine rings is 1. The average Bonchev–Trinajstić information content (AvgIpc) is 2.67. The van der Waals surface area contributed by atoms with E-state index in [2.05, 4.69) is 16.0 Å². The van der Waals surface area contributed by atoms with E-state index in [0.29, 0.717) is 26.1 Å². The van der Waals surface area contributed by atoms with E-state index in [-0.39, 0.29) is 25.1 Å². The zero-order chi connectivity index (χ0) is 18.4. The van der Waals surface area contributed by atoms with Crippen molar-refractivity contribution in [2.45, 2.75) is 18.9 Å². The highest BCUT2D eigenvalue weighted by Gasteiger charge is 2.38. The second kappa shape index (κ2) is 8.25. The molecule has 1 amide bonds. The molecular weight excluding hydrogens is 334 g/mol. The Morgan fingerprint density at radius 1 is 1.35 bits per heavy atom. The number of hydrogen-bond acceptors (Lipinski definition) is 6.